The lowest BCUT2D eigenvalue weighted by Crippen LogP contribution is -2.50. The third kappa shape index (κ3) is 2.42. The Morgan fingerprint density at radius 1 is 1.26 bits per heavy atom. The van der Waals surface area contributed by atoms with Gasteiger partial charge in [0.1, 0.15) is 0 Å². The van der Waals surface area contributed by atoms with Crippen LogP contribution < -0.4 is 5.32 Å². The quantitative estimate of drug-likeness (QED) is 0.874. The molecule has 0 saturated carbocycles. The van der Waals surface area contributed by atoms with Crippen LogP contribution in [-0.2, 0) is 0 Å². The molecule has 0 aliphatic carbocycles. The Bertz CT molecular complexity index is 756. The van der Waals surface area contributed by atoms with E-state index in [0.717, 1.165) is 30.3 Å². The number of nitrogens with zero attached hydrogens (tertiary/aromatic N) is 3. The summed E-state index contributed by atoms with van der Waals surface area (Å²) in [4.78, 5) is 28.4. The number of likely N-dealkylation sites (tertiary alicyclic amines) is 1. The third-order valence-corrected chi connectivity index (χ3v) is 4.69. The van der Waals surface area contributed by atoms with Gasteiger partial charge in [-0.3, -0.25) is 9.89 Å². The molecule has 1 unspecified atom stereocenters. The monoisotopic (exact) mass is 313 g/mol. The predicted molar refractivity (Wildman–Crippen MR) is 85.1 cm³/mol. The van der Waals surface area contributed by atoms with Gasteiger partial charge in [-0.25, -0.2) is 4.79 Å². The van der Waals surface area contributed by atoms with Crippen LogP contribution in [0, 0.1) is 0 Å². The minimum Gasteiger partial charge on any atom is -0.336 e. The van der Waals surface area contributed by atoms with Gasteiger partial charge in [-0.05, 0) is 18.9 Å². The average Bonchev–Trinajstić information content (AvgIpc) is 3.20. The largest absolute Gasteiger partial charge is 0.336 e. The van der Waals surface area contributed by atoms with Gasteiger partial charge in [-0.15, -0.1) is 0 Å². The van der Waals surface area contributed by atoms with Crippen LogP contribution in [0.1, 0.15) is 23.3 Å². The molecular weight excluding hydrogens is 294 g/mol. The number of carbonyl (C=O) groups is 2. The van der Waals surface area contributed by atoms with Crippen LogP contribution in [0.3, 0.4) is 0 Å². The lowest BCUT2D eigenvalue weighted by molar-refractivity contribution is 0.0630. The van der Waals surface area contributed by atoms with Gasteiger partial charge in [-0.1, -0.05) is 18.2 Å². The fourth-order valence-corrected chi connectivity index (χ4v) is 3.50. The highest BCUT2D eigenvalue weighted by Crippen LogP contribution is 2.22. The van der Waals surface area contributed by atoms with Crippen molar-refractivity contribution in [3.63, 3.8) is 0 Å². The normalized spacial score (nSPS) is 21.7. The zero-order valence-corrected chi connectivity index (χ0v) is 12.8. The number of fused-ring (bicyclic) bond motifs is 1. The molecule has 4 rings (SSSR count). The van der Waals surface area contributed by atoms with E-state index in [2.05, 4.69) is 15.5 Å². The van der Waals surface area contributed by atoms with Crippen molar-refractivity contribution in [1.82, 2.24) is 25.3 Å². The van der Waals surface area contributed by atoms with Crippen LogP contribution >= 0.6 is 0 Å². The van der Waals surface area contributed by atoms with Crippen molar-refractivity contribution in [3.05, 3.63) is 30.0 Å². The van der Waals surface area contributed by atoms with Crippen LogP contribution in [0.15, 0.2) is 24.3 Å². The molecule has 7 heteroatoms. The number of benzene rings is 1. The van der Waals surface area contributed by atoms with Crippen LogP contribution in [0.4, 0.5) is 4.79 Å². The first kappa shape index (κ1) is 14.0. The Kier molecular flexibility index (Phi) is 3.40. The number of rotatable bonds is 2. The van der Waals surface area contributed by atoms with Crippen molar-refractivity contribution in [3.8, 4) is 0 Å². The number of hydrogen-bond donors (Lipinski definition) is 2. The molecule has 7 nitrogen and oxygen atoms in total. The molecule has 2 N–H and O–H groups in total. The smallest absolute Gasteiger partial charge is 0.317 e. The summed E-state index contributed by atoms with van der Waals surface area (Å²) in [5, 5.41) is 10.8. The van der Waals surface area contributed by atoms with Crippen molar-refractivity contribution in [2.75, 3.05) is 26.2 Å². The number of aromatic nitrogens is 2. The van der Waals surface area contributed by atoms with E-state index in [9.17, 15) is 9.59 Å². The van der Waals surface area contributed by atoms with Crippen molar-refractivity contribution in [1.29, 1.82) is 0 Å². The maximum Gasteiger partial charge on any atom is 0.317 e. The Balaban J connectivity index is 1.55. The first-order valence-corrected chi connectivity index (χ1v) is 8.01. The van der Waals surface area contributed by atoms with E-state index in [1.807, 2.05) is 34.1 Å². The second-order valence-corrected chi connectivity index (χ2v) is 6.09. The van der Waals surface area contributed by atoms with E-state index in [-0.39, 0.29) is 18.0 Å². The Labute approximate surface area is 133 Å². The molecule has 2 fully saturated rings. The van der Waals surface area contributed by atoms with Crippen LogP contribution in [0.25, 0.3) is 10.9 Å². The maximum absolute atomic E-state index is 12.8. The lowest BCUT2D eigenvalue weighted by atomic mass is 10.0. The molecule has 0 radical (unpaired) electrons. The van der Waals surface area contributed by atoms with Crippen molar-refractivity contribution in [2.45, 2.75) is 18.9 Å². The molecule has 120 valence electrons. The molecule has 2 aromatic rings. The lowest BCUT2D eigenvalue weighted by Gasteiger charge is -2.36. The van der Waals surface area contributed by atoms with Gasteiger partial charge in [-0.2, -0.15) is 5.10 Å². The van der Waals surface area contributed by atoms with E-state index in [1.54, 1.807) is 0 Å². The highest BCUT2D eigenvalue weighted by atomic mass is 16.2. The minimum atomic E-state index is -0.0632. The van der Waals surface area contributed by atoms with Crippen LogP contribution in [0.5, 0.6) is 0 Å². The van der Waals surface area contributed by atoms with E-state index in [1.165, 1.54) is 0 Å². The summed E-state index contributed by atoms with van der Waals surface area (Å²) < 4.78 is 0. The summed E-state index contributed by atoms with van der Waals surface area (Å²) in [6, 6.07) is 7.71. The average molecular weight is 313 g/mol. The van der Waals surface area contributed by atoms with Crippen LogP contribution in [-0.4, -0.2) is 64.2 Å². The van der Waals surface area contributed by atoms with Gasteiger partial charge in [0.2, 0.25) is 0 Å². The fourth-order valence-electron chi connectivity index (χ4n) is 3.50. The molecule has 23 heavy (non-hydrogen) atoms. The zero-order valence-electron chi connectivity index (χ0n) is 12.8. The molecule has 3 amide bonds. The van der Waals surface area contributed by atoms with Gasteiger partial charge in [0.15, 0.2) is 5.69 Å². The fraction of sp³-hybridized carbons (Fsp3) is 0.438. The maximum atomic E-state index is 12.8. The first-order valence-electron chi connectivity index (χ1n) is 8.01. The summed E-state index contributed by atoms with van der Waals surface area (Å²) in [7, 11) is 0. The predicted octanol–water partition coefficient (Wildman–Crippen LogP) is 1.19. The van der Waals surface area contributed by atoms with Crippen molar-refractivity contribution >= 4 is 22.8 Å². The van der Waals surface area contributed by atoms with Gasteiger partial charge in [0, 0.05) is 31.6 Å². The molecular formula is C16H19N5O2. The SMILES string of the molecule is O=C(c1n[nH]c2ccccc12)N1CCCC(N2CCNC2=O)C1. The highest BCUT2D eigenvalue weighted by Gasteiger charge is 2.33. The molecule has 2 aliphatic rings. The first-order chi connectivity index (χ1) is 11.2. The van der Waals surface area contributed by atoms with Gasteiger partial charge in [0.05, 0.1) is 11.6 Å². The molecule has 2 aliphatic heterocycles. The van der Waals surface area contributed by atoms with E-state index < -0.39 is 0 Å². The number of hydrogen-bond acceptors (Lipinski definition) is 3. The Hall–Kier alpha value is -2.57. The van der Waals surface area contributed by atoms with Gasteiger partial charge < -0.3 is 15.1 Å². The van der Waals surface area contributed by atoms with E-state index >= 15 is 0 Å². The number of urea groups is 1. The number of nitrogens with one attached hydrogen (secondary N) is 2. The Morgan fingerprint density at radius 3 is 2.96 bits per heavy atom. The second kappa shape index (κ2) is 5.57. The molecule has 0 bridgehead atoms. The summed E-state index contributed by atoms with van der Waals surface area (Å²) in [6.45, 7) is 2.70. The molecule has 2 saturated heterocycles. The number of H-pyrrole nitrogens is 1. The van der Waals surface area contributed by atoms with E-state index in [0.29, 0.717) is 25.3 Å². The summed E-state index contributed by atoms with van der Waals surface area (Å²) >= 11 is 0. The van der Waals surface area contributed by atoms with Crippen molar-refractivity contribution < 1.29 is 9.59 Å². The second-order valence-electron chi connectivity index (χ2n) is 6.09. The van der Waals surface area contributed by atoms with Crippen LogP contribution in [0.2, 0.25) is 0 Å². The minimum absolute atomic E-state index is 0.0190. The number of aromatic amines is 1. The van der Waals surface area contributed by atoms with Gasteiger partial charge in [0.25, 0.3) is 5.91 Å². The number of para-hydroxylation sites is 1. The molecule has 1 aromatic heterocycles. The molecule has 1 atom stereocenters. The number of amides is 3. The molecule has 0 spiro atoms. The molecule has 1 aromatic carbocycles. The van der Waals surface area contributed by atoms with Gasteiger partial charge >= 0.3 is 6.03 Å². The van der Waals surface area contributed by atoms with E-state index in [4.69, 9.17) is 0 Å². The standard InChI is InChI=1S/C16H19N5O2/c22-15(14-12-5-1-2-6-13(12)18-19-14)20-8-3-4-11(10-20)21-9-7-17-16(21)23/h1-2,5-6,11H,3-4,7-10H2,(H,17,23)(H,18,19). The topological polar surface area (TPSA) is 81.3 Å². The third-order valence-electron chi connectivity index (χ3n) is 4.69. The number of piperidine rings is 1. The molecule has 3 heterocycles. The highest BCUT2D eigenvalue weighted by molar-refractivity contribution is 6.04. The van der Waals surface area contributed by atoms with Crippen molar-refractivity contribution in [2.24, 2.45) is 0 Å². The Morgan fingerprint density at radius 2 is 2.13 bits per heavy atom. The zero-order chi connectivity index (χ0) is 15.8. The summed E-state index contributed by atoms with van der Waals surface area (Å²) in [5.74, 6) is -0.0632. The summed E-state index contributed by atoms with van der Waals surface area (Å²) in [6.07, 6.45) is 1.85. The number of carbonyl (C=O) groups excluding carboxylic acids is 2. The summed E-state index contributed by atoms with van der Waals surface area (Å²) in [5.41, 5.74) is 1.33.